The normalized spacial score (nSPS) is 9.15. The van der Waals surface area contributed by atoms with E-state index in [0.717, 1.165) is 12.1 Å². The molecule has 9 heteroatoms. The molecule has 20 heavy (non-hydrogen) atoms. The van der Waals surface area contributed by atoms with E-state index < -0.39 is 17.5 Å². The molecular formula is C11H8Cl2F3N3O. The van der Waals surface area contributed by atoms with Crippen LogP contribution in [0.2, 0.25) is 0 Å². The third-order valence-corrected chi connectivity index (χ3v) is 2.12. The first-order valence-corrected chi connectivity index (χ1v) is 4.80. The van der Waals surface area contributed by atoms with Gasteiger partial charge in [-0.15, -0.1) is 24.8 Å². The second-order valence-electron chi connectivity index (χ2n) is 3.28. The SMILES string of the molecule is Cl.Cl.O=CNc1nccc(-c2cc(F)c(F)c(F)c2)n1. The van der Waals surface area contributed by atoms with Gasteiger partial charge >= 0.3 is 0 Å². The Kier molecular flexibility index (Phi) is 6.95. The van der Waals surface area contributed by atoms with E-state index in [-0.39, 0.29) is 42.0 Å². The second-order valence-corrected chi connectivity index (χ2v) is 3.28. The van der Waals surface area contributed by atoms with Gasteiger partial charge in [0, 0.05) is 11.8 Å². The van der Waals surface area contributed by atoms with Crippen LogP contribution in [0, 0.1) is 17.5 Å². The van der Waals surface area contributed by atoms with Crippen molar-refractivity contribution in [1.82, 2.24) is 9.97 Å². The molecule has 2 rings (SSSR count). The summed E-state index contributed by atoms with van der Waals surface area (Å²) in [6.07, 6.45) is 1.66. The average Bonchev–Trinajstić information content (AvgIpc) is 2.36. The first-order chi connectivity index (χ1) is 8.61. The third-order valence-electron chi connectivity index (χ3n) is 2.12. The van der Waals surface area contributed by atoms with E-state index in [1.165, 1.54) is 12.3 Å². The number of nitrogens with zero attached hydrogens (tertiary/aromatic N) is 2. The summed E-state index contributed by atoms with van der Waals surface area (Å²) in [5, 5.41) is 2.19. The fraction of sp³-hybridized carbons (Fsp3) is 0. The van der Waals surface area contributed by atoms with Crippen LogP contribution in [0.3, 0.4) is 0 Å². The number of benzene rings is 1. The van der Waals surface area contributed by atoms with Gasteiger partial charge in [-0.2, -0.15) is 0 Å². The maximum Gasteiger partial charge on any atom is 0.229 e. The number of rotatable bonds is 3. The average molecular weight is 326 g/mol. The van der Waals surface area contributed by atoms with Gasteiger partial charge in [0.15, 0.2) is 17.5 Å². The van der Waals surface area contributed by atoms with Gasteiger partial charge in [0.05, 0.1) is 5.69 Å². The topological polar surface area (TPSA) is 54.9 Å². The predicted molar refractivity (Wildman–Crippen MR) is 71.5 cm³/mol. The molecule has 4 nitrogen and oxygen atoms in total. The molecule has 0 saturated heterocycles. The molecule has 0 aliphatic rings. The molecule has 1 heterocycles. The number of anilines is 1. The van der Waals surface area contributed by atoms with Gasteiger partial charge in [0.2, 0.25) is 12.4 Å². The molecule has 108 valence electrons. The van der Waals surface area contributed by atoms with Crippen LogP contribution in [0.25, 0.3) is 11.3 Å². The van der Waals surface area contributed by atoms with Crippen LogP contribution in [0.1, 0.15) is 0 Å². The molecule has 0 unspecified atom stereocenters. The molecule has 1 amide bonds. The summed E-state index contributed by atoms with van der Waals surface area (Å²) in [4.78, 5) is 17.8. The summed E-state index contributed by atoms with van der Waals surface area (Å²) in [5.41, 5.74) is 0.204. The standard InChI is InChI=1S/C11H6F3N3O.2ClH/c12-7-3-6(4-8(13)10(7)14)9-1-2-15-11(17-9)16-5-18;;/h1-5H,(H,15,16,17,18);2*1H. The van der Waals surface area contributed by atoms with Gasteiger partial charge < -0.3 is 0 Å². The number of halogens is 5. The van der Waals surface area contributed by atoms with E-state index in [1.807, 2.05) is 0 Å². The van der Waals surface area contributed by atoms with Gasteiger partial charge in [-0.1, -0.05) is 0 Å². The summed E-state index contributed by atoms with van der Waals surface area (Å²) < 4.78 is 38.9. The van der Waals surface area contributed by atoms with Gasteiger partial charge in [-0.05, 0) is 18.2 Å². The maximum atomic E-state index is 13.0. The van der Waals surface area contributed by atoms with Crippen molar-refractivity contribution in [2.45, 2.75) is 0 Å². The maximum absolute atomic E-state index is 13.0. The molecule has 0 aliphatic carbocycles. The Balaban J connectivity index is 0.00000180. The van der Waals surface area contributed by atoms with Crippen LogP contribution in [0.5, 0.6) is 0 Å². The van der Waals surface area contributed by atoms with Crippen LogP contribution in [0.4, 0.5) is 19.1 Å². The first-order valence-electron chi connectivity index (χ1n) is 4.80. The Labute approximate surface area is 124 Å². The van der Waals surface area contributed by atoms with E-state index in [9.17, 15) is 18.0 Å². The van der Waals surface area contributed by atoms with Crippen molar-refractivity contribution < 1.29 is 18.0 Å². The van der Waals surface area contributed by atoms with Crippen molar-refractivity contribution in [3.05, 3.63) is 41.8 Å². The number of carbonyl (C=O) groups is 1. The van der Waals surface area contributed by atoms with Crippen LogP contribution in [0.15, 0.2) is 24.4 Å². The Hall–Kier alpha value is -1.86. The third kappa shape index (κ3) is 3.82. The lowest BCUT2D eigenvalue weighted by atomic mass is 10.1. The van der Waals surface area contributed by atoms with Crippen molar-refractivity contribution in [1.29, 1.82) is 0 Å². The van der Waals surface area contributed by atoms with E-state index in [4.69, 9.17) is 0 Å². The molecule has 0 fully saturated rings. The fourth-order valence-corrected chi connectivity index (χ4v) is 1.35. The minimum atomic E-state index is -1.54. The van der Waals surface area contributed by atoms with E-state index in [2.05, 4.69) is 15.3 Å². The Bertz CT molecular complexity index is 590. The van der Waals surface area contributed by atoms with E-state index in [0.29, 0.717) is 6.41 Å². The van der Waals surface area contributed by atoms with Gasteiger partial charge in [-0.3, -0.25) is 10.1 Å². The van der Waals surface area contributed by atoms with Crippen molar-refractivity contribution >= 4 is 37.2 Å². The van der Waals surface area contributed by atoms with Crippen LogP contribution < -0.4 is 5.32 Å². The number of nitrogens with one attached hydrogen (secondary N) is 1. The zero-order chi connectivity index (χ0) is 13.1. The molecule has 0 aliphatic heterocycles. The minimum Gasteiger partial charge on any atom is -0.297 e. The second kappa shape index (κ2) is 7.66. The van der Waals surface area contributed by atoms with E-state index >= 15 is 0 Å². The molecule has 0 saturated carbocycles. The van der Waals surface area contributed by atoms with E-state index in [1.54, 1.807) is 0 Å². The highest BCUT2D eigenvalue weighted by atomic mass is 35.5. The summed E-state index contributed by atoms with van der Waals surface area (Å²) in [5.74, 6) is -4.19. The highest BCUT2D eigenvalue weighted by Gasteiger charge is 2.12. The number of hydrogen-bond acceptors (Lipinski definition) is 3. The number of carbonyl (C=O) groups excluding carboxylic acids is 1. The largest absolute Gasteiger partial charge is 0.297 e. The highest BCUT2D eigenvalue weighted by Crippen LogP contribution is 2.22. The molecule has 0 spiro atoms. The zero-order valence-corrected chi connectivity index (χ0v) is 11.3. The van der Waals surface area contributed by atoms with Gasteiger partial charge in [0.25, 0.3) is 0 Å². The molecule has 1 aromatic carbocycles. The summed E-state index contributed by atoms with van der Waals surface area (Å²) in [6.45, 7) is 0. The minimum absolute atomic E-state index is 0. The summed E-state index contributed by atoms with van der Waals surface area (Å²) >= 11 is 0. The van der Waals surface area contributed by atoms with Crippen LogP contribution in [-0.2, 0) is 4.79 Å². The number of hydrogen-bond donors (Lipinski definition) is 1. The Morgan fingerprint density at radius 2 is 1.70 bits per heavy atom. The Morgan fingerprint density at radius 3 is 2.25 bits per heavy atom. The molecule has 2 aromatic rings. The smallest absolute Gasteiger partial charge is 0.229 e. The highest BCUT2D eigenvalue weighted by molar-refractivity contribution is 5.85. The molecule has 0 atom stereocenters. The Morgan fingerprint density at radius 1 is 1.10 bits per heavy atom. The molecule has 1 aromatic heterocycles. The lowest BCUT2D eigenvalue weighted by Crippen LogP contribution is -2.01. The summed E-state index contributed by atoms with van der Waals surface area (Å²) in [6, 6.07) is 3.00. The lowest BCUT2D eigenvalue weighted by Gasteiger charge is -2.04. The van der Waals surface area contributed by atoms with Crippen molar-refractivity contribution in [3.8, 4) is 11.3 Å². The van der Waals surface area contributed by atoms with Gasteiger partial charge in [0.1, 0.15) is 0 Å². The number of aromatic nitrogens is 2. The molecule has 1 N–H and O–H groups in total. The lowest BCUT2D eigenvalue weighted by molar-refractivity contribution is -0.105. The van der Waals surface area contributed by atoms with Crippen LogP contribution in [-0.4, -0.2) is 16.4 Å². The zero-order valence-electron chi connectivity index (χ0n) is 9.64. The number of amides is 1. The molecular weight excluding hydrogens is 318 g/mol. The fourth-order valence-electron chi connectivity index (χ4n) is 1.35. The first kappa shape index (κ1) is 18.1. The van der Waals surface area contributed by atoms with Crippen molar-refractivity contribution in [2.24, 2.45) is 0 Å². The van der Waals surface area contributed by atoms with Gasteiger partial charge in [-0.25, -0.2) is 23.1 Å². The molecule has 0 bridgehead atoms. The quantitative estimate of drug-likeness (QED) is 0.697. The predicted octanol–water partition coefficient (Wildman–Crippen LogP) is 2.97. The molecule has 0 radical (unpaired) electrons. The monoisotopic (exact) mass is 325 g/mol. The summed E-state index contributed by atoms with van der Waals surface area (Å²) in [7, 11) is 0. The van der Waals surface area contributed by atoms with Crippen molar-refractivity contribution in [3.63, 3.8) is 0 Å². The van der Waals surface area contributed by atoms with Crippen molar-refractivity contribution in [2.75, 3.05) is 5.32 Å². The van der Waals surface area contributed by atoms with Crippen LogP contribution >= 0.6 is 24.8 Å².